The number of rotatable bonds is 6. The van der Waals surface area contributed by atoms with Crippen molar-refractivity contribution in [2.24, 2.45) is 0 Å². The Hall–Kier alpha value is -3.72. The largest absolute Gasteiger partial charge is 0.497 e. The van der Waals surface area contributed by atoms with Gasteiger partial charge in [0.05, 0.1) is 31.2 Å². The number of carbonyl (C=O) groups is 1. The van der Waals surface area contributed by atoms with Crippen molar-refractivity contribution >= 4 is 22.4 Å². The number of hydrogen-bond donors (Lipinski definition) is 1. The fourth-order valence-electron chi connectivity index (χ4n) is 3.14. The highest BCUT2D eigenvalue weighted by Crippen LogP contribution is 2.34. The highest BCUT2D eigenvalue weighted by Gasteiger charge is 2.14. The number of hydrogen-bond acceptors (Lipinski definition) is 7. The maximum Gasteiger partial charge on any atom is 0.259 e. The molecule has 9 heteroatoms. The third kappa shape index (κ3) is 4.26. The Morgan fingerprint density at radius 2 is 1.94 bits per heavy atom. The van der Waals surface area contributed by atoms with Crippen molar-refractivity contribution in [1.82, 2.24) is 19.7 Å². The number of amides is 1. The van der Waals surface area contributed by atoms with Gasteiger partial charge in [-0.1, -0.05) is 0 Å². The fraction of sp³-hybridized carbons (Fsp3) is 0.182. The molecule has 0 aliphatic heterocycles. The van der Waals surface area contributed by atoms with Crippen LogP contribution in [0.1, 0.15) is 21.7 Å². The molecular formula is C22H21N5O3S. The van der Waals surface area contributed by atoms with Gasteiger partial charge in [0.25, 0.3) is 5.91 Å². The molecule has 158 valence electrons. The normalized spacial score (nSPS) is 10.7. The molecule has 3 heterocycles. The predicted molar refractivity (Wildman–Crippen MR) is 119 cm³/mol. The molecule has 4 rings (SSSR count). The number of ether oxygens (including phenoxy) is 2. The molecule has 4 aromatic rings. The number of pyridine rings is 1. The molecular weight excluding hydrogens is 414 g/mol. The molecule has 0 bridgehead atoms. The molecule has 0 saturated heterocycles. The Balaban J connectivity index is 1.50. The maximum atomic E-state index is 12.6. The van der Waals surface area contributed by atoms with Crippen LogP contribution in [0.25, 0.3) is 17.1 Å². The molecule has 1 aromatic carbocycles. The number of aryl methyl sites for hydroxylation is 2. The molecule has 0 radical (unpaired) electrons. The molecule has 0 saturated carbocycles. The minimum Gasteiger partial charge on any atom is -0.497 e. The van der Waals surface area contributed by atoms with Crippen LogP contribution in [0.15, 0.2) is 48.0 Å². The van der Waals surface area contributed by atoms with Gasteiger partial charge in [0.15, 0.2) is 10.9 Å². The SMILES string of the molecule is COc1ccc(-c2csc(NC(=O)c3ccc(-n4nc(C)cc4C)nc3)n2)c(OC)c1. The summed E-state index contributed by atoms with van der Waals surface area (Å²) in [6, 6.07) is 11.0. The average Bonchev–Trinajstić information content (AvgIpc) is 3.38. The van der Waals surface area contributed by atoms with Gasteiger partial charge in [-0.2, -0.15) is 5.10 Å². The summed E-state index contributed by atoms with van der Waals surface area (Å²) in [4.78, 5) is 21.5. The second-order valence-electron chi connectivity index (χ2n) is 6.80. The Labute approximate surface area is 183 Å². The molecule has 0 aliphatic carbocycles. The lowest BCUT2D eigenvalue weighted by molar-refractivity contribution is 0.102. The van der Waals surface area contributed by atoms with Crippen molar-refractivity contribution in [3.63, 3.8) is 0 Å². The summed E-state index contributed by atoms with van der Waals surface area (Å²) in [6.45, 7) is 3.88. The van der Waals surface area contributed by atoms with E-state index in [-0.39, 0.29) is 5.91 Å². The predicted octanol–water partition coefficient (Wildman–Crippen LogP) is 4.28. The van der Waals surface area contributed by atoms with Gasteiger partial charge in [-0.15, -0.1) is 11.3 Å². The number of benzene rings is 1. The molecule has 0 spiro atoms. The fourth-order valence-corrected chi connectivity index (χ4v) is 3.85. The van der Waals surface area contributed by atoms with Crippen LogP contribution in [0, 0.1) is 13.8 Å². The molecule has 3 aromatic heterocycles. The van der Waals surface area contributed by atoms with Crippen molar-refractivity contribution in [2.75, 3.05) is 19.5 Å². The van der Waals surface area contributed by atoms with Gasteiger partial charge < -0.3 is 9.47 Å². The second-order valence-corrected chi connectivity index (χ2v) is 7.66. The average molecular weight is 436 g/mol. The first-order valence-electron chi connectivity index (χ1n) is 9.47. The minimum atomic E-state index is -0.282. The van der Waals surface area contributed by atoms with E-state index < -0.39 is 0 Å². The number of aromatic nitrogens is 4. The van der Waals surface area contributed by atoms with Gasteiger partial charge >= 0.3 is 0 Å². The Bertz CT molecular complexity index is 1230. The summed E-state index contributed by atoms with van der Waals surface area (Å²) in [5.74, 6) is 1.72. The first kappa shape index (κ1) is 20.5. The molecule has 31 heavy (non-hydrogen) atoms. The number of anilines is 1. The molecule has 1 amide bonds. The van der Waals surface area contributed by atoms with Crippen LogP contribution >= 0.6 is 11.3 Å². The lowest BCUT2D eigenvalue weighted by Crippen LogP contribution is -2.12. The van der Waals surface area contributed by atoms with E-state index in [4.69, 9.17) is 9.47 Å². The Kier molecular flexibility index (Phi) is 5.68. The number of methoxy groups -OCH3 is 2. The van der Waals surface area contributed by atoms with E-state index in [1.54, 1.807) is 37.1 Å². The van der Waals surface area contributed by atoms with Crippen molar-refractivity contribution in [3.8, 4) is 28.6 Å². The zero-order valence-electron chi connectivity index (χ0n) is 17.5. The van der Waals surface area contributed by atoms with Gasteiger partial charge in [0, 0.05) is 28.9 Å². The number of thiazole rings is 1. The molecule has 0 unspecified atom stereocenters. The van der Waals surface area contributed by atoms with Crippen LogP contribution in [0.4, 0.5) is 5.13 Å². The van der Waals surface area contributed by atoms with Crippen molar-refractivity contribution in [1.29, 1.82) is 0 Å². The highest BCUT2D eigenvalue weighted by atomic mass is 32.1. The van der Waals surface area contributed by atoms with E-state index in [1.807, 2.05) is 37.4 Å². The Morgan fingerprint density at radius 1 is 1.10 bits per heavy atom. The lowest BCUT2D eigenvalue weighted by Gasteiger charge is -2.08. The smallest absolute Gasteiger partial charge is 0.259 e. The molecule has 8 nitrogen and oxygen atoms in total. The summed E-state index contributed by atoms with van der Waals surface area (Å²) in [5.41, 5.74) is 3.85. The standard InChI is InChI=1S/C22H21N5O3S/c1-13-9-14(2)27(26-13)20-8-5-15(11-23-20)21(28)25-22-24-18(12-31-22)17-7-6-16(29-3)10-19(17)30-4/h5-12H,1-4H3,(H,24,25,28). The van der Waals surface area contributed by atoms with E-state index in [2.05, 4.69) is 20.4 Å². The highest BCUT2D eigenvalue weighted by molar-refractivity contribution is 7.14. The van der Waals surface area contributed by atoms with E-state index >= 15 is 0 Å². The summed E-state index contributed by atoms with van der Waals surface area (Å²) in [6.07, 6.45) is 1.53. The molecule has 0 aliphatic rings. The first-order valence-corrected chi connectivity index (χ1v) is 10.4. The quantitative estimate of drug-likeness (QED) is 0.486. The van der Waals surface area contributed by atoms with Crippen LogP contribution in [0.3, 0.4) is 0 Å². The monoisotopic (exact) mass is 435 g/mol. The van der Waals surface area contributed by atoms with Gasteiger partial charge in [-0.05, 0) is 44.2 Å². The third-order valence-corrected chi connectivity index (χ3v) is 5.40. The van der Waals surface area contributed by atoms with Crippen LogP contribution in [0.5, 0.6) is 11.5 Å². The van der Waals surface area contributed by atoms with Crippen molar-refractivity contribution in [3.05, 3.63) is 64.9 Å². The summed E-state index contributed by atoms with van der Waals surface area (Å²) >= 11 is 1.34. The summed E-state index contributed by atoms with van der Waals surface area (Å²) in [7, 11) is 3.19. The van der Waals surface area contributed by atoms with Gasteiger partial charge in [-0.25, -0.2) is 14.6 Å². The molecule has 0 fully saturated rings. The zero-order valence-corrected chi connectivity index (χ0v) is 18.4. The van der Waals surface area contributed by atoms with Crippen LogP contribution < -0.4 is 14.8 Å². The van der Waals surface area contributed by atoms with E-state index in [0.717, 1.165) is 17.0 Å². The third-order valence-electron chi connectivity index (χ3n) is 4.65. The van der Waals surface area contributed by atoms with E-state index in [9.17, 15) is 4.79 Å². The van der Waals surface area contributed by atoms with E-state index in [0.29, 0.717) is 33.7 Å². The Morgan fingerprint density at radius 3 is 2.58 bits per heavy atom. The molecule has 0 atom stereocenters. The maximum absolute atomic E-state index is 12.6. The summed E-state index contributed by atoms with van der Waals surface area (Å²) < 4.78 is 12.4. The van der Waals surface area contributed by atoms with Crippen LogP contribution in [-0.4, -0.2) is 39.9 Å². The lowest BCUT2D eigenvalue weighted by atomic mass is 10.1. The zero-order chi connectivity index (χ0) is 22.0. The van der Waals surface area contributed by atoms with Gasteiger partial charge in [-0.3, -0.25) is 10.1 Å². The van der Waals surface area contributed by atoms with Crippen molar-refractivity contribution < 1.29 is 14.3 Å². The van der Waals surface area contributed by atoms with Crippen LogP contribution in [-0.2, 0) is 0 Å². The topological polar surface area (TPSA) is 91.2 Å². The molecule has 1 N–H and O–H groups in total. The van der Waals surface area contributed by atoms with Gasteiger partial charge in [0.2, 0.25) is 0 Å². The summed E-state index contributed by atoms with van der Waals surface area (Å²) in [5, 5.41) is 9.58. The van der Waals surface area contributed by atoms with E-state index in [1.165, 1.54) is 17.5 Å². The number of nitrogens with one attached hydrogen (secondary N) is 1. The van der Waals surface area contributed by atoms with Crippen molar-refractivity contribution in [2.45, 2.75) is 13.8 Å². The van der Waals surface area contributed by atoms with Crippen LogP contribution in [0.2, 0.25) is 0 Å². The second kappa shape index (κ2) is 8.57. The number of nitrogens with zero attached hydrogens (tertiary/aromatic N) is 4. The van der Waals surface area contributed by atoms with Gasteiger partial charge in [0.1, 0.15) is 11.5 Å². The number of carbonyl (C=O) groups excluding carboxylic acids is 1. The first-order chi connectivity index (χ1) is 15.0. The minimum absolute atomic E-state index is 0.282.